The number of carbonyl (C=O) groups excluding carboxylic acids is 2. The van der Waals surface area contributed by atoms with Gasteiger partial charge >= 0.3 is 12.1 Å². The SMILES string of the molecule is CCOC(=O)C(C#N)(c1ccc2c(c1)OCO2)C1CCN(C(=O)OC(C)(C)C)CC1. The molecule has 1 saturated heterocycles. The van der Waals surface area contributed by atoms with Crippen molar-refractivity contribution in [2.24, 2.45) is 5.92 Å². The molecule has 0 spiro atoms. The van der Waals surface area contributed by atoms with Crippen LogP contribution in [0.25, 0.3) is 0 Å². The zero-order valence-electron chi connectivity index (χ0n) is 17.9. The number of hydrogen-bond donors (Lipinski definition) is 0. The van der Waals surface area contributed by atoms with Gasteiger partial charge in [-0.25, -0.2) is 9.59 Å². The van der Waals surface area contributed by atoms with E-state index in [4.69, 9.17) is 18.9 Å². The Morgan fingerprint density at radius 1 is 1.20 bits per heavy atom. The van der Waals surface area contributed by atoms with Crippen molar-refractivity contribution in [2.45, 2.75) is 51.6 Å². The van der Waals surface area contributed by atoms with Gasteiger partial charge in [-0.1, -0.05) is 6.07 Å². The summed E-state index contributed by atoms with van der Waals surface area (Å²) in [6, 6.07) is 7.36. The molecule has 2 aliphatic rings. The van der Waals surface area contributed by atoms with Crippen LogP contribution in [0.2, 0.25) is 0 Å². The number of hydrogen-bond acceptors (Lipinski definition) is 7. The fourth-order valence-corrected chi connectivity index (χ4v) is 3.93. The largest absolute Gasteiger partial charge is 0.465 e. The molecule has 8 heteroatoms. The van der Waals surface area contributed by atoms with Gasteiger partial charge in [0.15, 0.2) is 16.9 Å². The molecular weight excluding hydrogens is 388 g/mol. The number of ether oxygens (including phenoxy) is 4. The van der Waals surface area contributed by atoms with Crippen LogP contribution in [0.3, 0.4) is 0 Å². The van der Waals surface area contributed by atoms with E-state index in [1.54, 1.807) is 30.0 Å². The van der Waals surface area contributed by atoms with Crippen molar-refractivity contribution in [1.82, 2.24) is 4.90 Å². The number of rotatable bonds is 4. The first-order valence-electron chi connectivity index (χ1n) is 10.2. The van der Waals surface area contributed by atoms with E-state index in [-0.39, 0.29) is 25.4 Å². The summed E-state index contributed by atoms with van der Waals surface area (Å²) in [6.45, 7) is 8.23. The second-order valence-corrected chi connectivity index (χ2v) is 8.45. The summed E-state index contributed by atoms with van der Waals surface area (Å²) in [4.78, 5) is 27.1. The van der Waals surface area contributed by atoms with Crippen molar-refractivity contribution in [2.75, 3.05) is 26.5 Å². The highest BCUT2D eigenvalue weighted by atomic mass is 16.7. The van der Waals surface area contributed by atoms with Gasteiger partial charge in [-0.3, -0.25) is 0 Å². The number of esters is 1. The first-order valence-corrected chi connectivity index (χ1v) is 10.2. The molecule has 0 saturated carbocycles. The third kappa shape index (κ3) is 4.16. The molecule has 30 heavy (non-hydrogen) atoms. The van der Waals surface area contributed by atoms with Crippen LogP contribution in [0.15, 0.2) is 18.2 Å². The van der Waals surface area contributed by atoms with Crippen molar-refractivity contribution in [3.05, 3.63) is 23.8 Å². The van der Waals surface area contributed by atoms with Gasteiger partial charge in [0.05, 0.1) is 12.7 Å². The number of benzene rings is 1. The van der Waals surface area contributed by atoms with E-state index in [2.05, 4.69) is 6.07 Å². The lowest BCUT2D eigenvalue weighted by Gasteiger charge is -2.39. The molecule has 2 heterocycles. The van der Waals surface area contributed by atoms with Crippen molar-refractivity contribution >= 4 is 12.1 Å². The van der Waals surface area contributed by atoms with Gasteiger partial charge in [-0.05, 0) is 64.2 Å². The maximum absolute atomic E-state index is 13.1. The molecule has 1 amide bonds. The second-order valence-electron chi connectivity index (χ2n) is 8.45. The number of nitrogens with zero attached hydrogens (tertiary/aromatic N) is 2. The highest BCUT2D eigenvalue weighted by molar-refractivity contribution is 5.87. The summed E-state index contributed by atoms with van der Waals surface area (Å²) < 4.78 is 21.6. The number of carbonyl (C=O) groups is 2. The first kappa shape index (κ1) is 21.8. The summed E-state index contributed by atoms with van der Waals surface area (Å²) in [5.41, 5.74) is -1.55. The molecule has 3 rings (SSSR count). The Morgan fingerprint density at radius 3 is 2.47 bits per heavy atom. The van der Waals surface area contributed by atoms with Crippen LogP contribution < -0.4 is 9.47 Å². The van der Waals surface area contributed by atoms with Crippen LogP contribution in [0, 0.1) is 17.2 Å². The van der Waals surface area contributed by atoms with Crippen molar-refractivity contribution < 1.29 is 28.5 Å². The molecule has 1 aromatic rings. The molecule has 1 aromatic carbocycles. The van der Waals surface area contributed by atoms with E-state index >= 15 is 0 Å². The van der Waals surface area contributed by atoms with Gasteiger partial charge in [-0.2, -0.15) is 5.26 Å². The number of piperidine rings is 1. The minimum absolute atomic E-state index is 0.103. The molecular formula is C22H28N2O6. The van der Waals surface area contributed by atoms with Crippen LogP contribution in [0.4, 0.5) is 4.79 Å². The summed E-state index contributed by atoms with van der Waals surface area (Å²) >= 11 is 0. The number of likely N-dealkylation sites (tertiary alicyclic amines) is 1. The van der Waals surface area contributed by atoms with Crippen LogP contribution in [0.5, 0.6) is 11.5 Å². The smallest absolute Gasteiger partial charge is 0.410 e. The summed E-state index contributed by atoms with van der Waals surface area (Å²) in [5, 5.41) is 10.2. The predicted octanol–water partition coefficient (Wildman–Crippen LogP) is 3.39. The quantitative estimate of drug-likeness (QED) is 0.694. The maximum atomic E-state index is 13.1. The molecule has 0 aromatic heterocycles. The maximum Gasteiger partial charge on any atom is 0.410 e. The molecule has 162 valence electrons. The molecule has 0 radical (unpaired) electrons. The lowest BCUT2D eigenvalue weighted by molar-refractivity contribution is -0.150. The summed E-state index contributed by atoms with van der Waals surface area (Å²) in [6.07, 6.45) is 0.558. The van der Waals surface area contributed by atoms with Crippen molar-refractivity contribution in [3.8, 4) is 17.6 Å². The number of fused-ring (bicyclic) bond motifs is 1. The molecule has 0 aliphatic carbocycles. The Balaban J connectivity index is 1.87. The minimum atomic E-state index is -1.49. The van der Waals surface area contributed by atoms with Crippen molar-refractivity contribution in [3.63, 3.8) is 0 Å². The third-order valence-corrected chi connectivity index (χ3v) is 5.36. The third-order valence-electron chi connectivity index (χ3n) is 5.36. The molecule has 1 fully saturated rings. The first-order chi connectivity index (χ1) is 14.2. The lowest BCUT2D eigenvalue weighted by Crippen LogP contribution is -2.50. The average molecular weight is 416 g/mol. The highest BCUT2D eigenvalue weighted by Gasteiger charge is 2.51. The van der Waals surface area contributed by atoms with E-state index in [1.165, 1.54) is 0 Å². The van der Waals surface area contributed by atoms with Crippen LogP contribution >= 0.6 is 0 Å². The molecule has 1 unspecified atom stereocenters. The summed E-state index contributed by atoms with van der Waals surface area (Å²) in [7, 11) is 0. The van der Waals surface area contributed by atoms with Gasteiger partial charge in [0.1, 0.15) is 5.60 Å². The van der Waals surface area contributed by atoms with Gasteiger partial charge in [0.25, 0.3) is 0 Å². The minimum Gasteiger partial charge on any atom is -0.465 e. The van der Waals surface area contributed by atoms with Gasteiger partial charge < -0.3 is 23.8 Å². The van der Waals surface area contributed by atoms with Crippen LogP contribution in [0.1, 0.15) is 46.1 Å². The van der Waals surface area contributed by atoms with E-state index in [0.717, 1.165) is 0 Å². The monoisotopic (exact) mass is 416 g/mol. The Bertz CT molecular complexity index is 848. The topological polar surface area (TPSA) is 98.1 Å². The molecule has 2 aliphatic heterocycles. The highest BCUT2D eigenvalue weighted by Crippen LogP contribution is 2.43. The van der Waals surface area contributed by atoms with E-state index < -0.39 is 17.0 Å². The zero-order chi connectivity index (χ0) is 21.9. The Morgan fingerprint density at radius 2 is 1.87 bits per heavy atom. The van der Waals surface area contributed by atoms with Gasteiger partial charge in [0, 0.05) is 13.1 Å². The summed E-state index contributed by atoms with van der Waals surface area (Å²) in [5.74, 6) is 0.180. The molecule has 0 N–H and O–H groups in total. The van der Waals surface area contributed by atoms with Crippen molar-refractivity contribution in [1.29, 1.82) is 5.26 Å². The van der Waals surface area contributed by atoms with E-state index in [9.17, 15) is 14.9 Å². The number of nitriles is 1. The molecule has 8 nitrogen and oxygen atoms in total. The molecule has 1 atom stereocenters. The van der Waals surface area contributed by atoms with Gasteiger partial charge in [0.2, 0.25) is 6.79 Å². The Hall–Kier alpha value is -2.95. The van der Waals surface area contributed by atoms with E-state index in [1.807, 2.05) is 20.8 Å². The second kappa shape index (κ2) is 8.42. The fourth-order valence-electron chi connectivity index (χ4n) is 3.93. The van der Waals surface area contributed by atoms with Gasteiger partial charge in [-0.15, -0.1) is 0 Å². The van der Waals surface area contributed by atoms with E-state index in [0.29, 0.717) is 43.0 Å². The Kier molecular flexibility index (Phi) is 6.11. The molecule has 0 bridgehead atoms. The normalized spacial score (nSPS) is 18.3. The van der Waals surface area contributed by atoms with Crippen LogP contribution in [-0.2, 0) is 19.7 Å². The number of amides is 1. The zero-order valence-corrected chi connectivity index (χ0v) is 17.9. The fraction of sp³-hybridized carbons (Fsp3) is 0.591. The standard InChI is InChI=1S/C22H28N2O6/c1-5-27-19(25)22(13-23,16-6-7-17-18(12-16)29-14-28-17)15-8-10-24(11-9-15)20(26)30-21(2,3)4/h6-7,12,15H,5,8-11,14H2,1-4H3. The van der Waals surface area contributed by atoms with Crippen LogP contribution in [-0.4, -0.2) is 49.1 Å². The average Bonchev–Trinajstić information content (AvgIpc) is 3.16. The lowest BCUT2D eigenvalue weighted by atomic mass is 9.67. The Labute approximate surface area is 176 Å². The predicted molar refractivity (Wildman–Crippen MR) is 107 cm³/mol.